The summed E-state index contributed by atoms with van der Waals surface area (Å²) in [5.41, 5.74) is 0.805. The van der Waals surface area contributed by atoms with E-state index in [0.29, 0.717) is 6.61 Å². The number of methoxy groups -OCH3 is 1. The highest BCUT2D eigenvalue weighted by Gasteiger charge is 2.45. The first-order valence-electron chi connectivity index (χ1n) is 9.83. The largest absolute Gasteiger partial charge is 0.388 e. The molecule has 1 heterocycles. The molecule has 0 aliphatic carbocycles. The number of rotatable bonds is 6. The lowest BCUT2D eigenvalue weighted by Crippen LogP contribution is -2.57. The van der Waals surface area contributed by atoms with Gasteiger partial charge in [-0.1, -0.05) is 66.4 Å². The number of benzene rings is 3. The molecule has 0 aromatic heterocycles. The minimum absolute atomic E-state index is 0.262. The first kappa shape index (κ1) is 20.4. The summed E-state index contributed by atoms with van der Waals surface area (Å²) in [6, 6.07) is 24.6. The van der Waals surface area contributed by atoms with Crippen molar-refractivity contribution in [2.45, 2.75) is 48.3 Å². The van der Waals surface area contributed by atoms with Crippen molar-refractivity contribution in [2.75, 3.05) is 7.11 Å². The number of hydrogen-bond donors (Lipinski definition) is 1. The molecule has 5 atom stereocenters. The maximum Gasteiger partial charge on any atom is 0.136 e. The Balaban J connectivity index is 1.49. The molecule has 1 saturated heterocycles. The first-order chi connectivity index (χ1) is 14.2. The monoisotopic (exact) mass is 410 g/mol. The van der Waals surface area contributed by atoms with Crippen LogP contribution in [0.4, 0.5) is 0 Å². The Morgan fingerprint density at radius 3 is 2.41 bits per heavy atom. The fourth-order valence-electron chi connectivity index (χ4n) is 3.67. The molecule has 1 N–H and O–H groups in total. The zero-order valence-electron chi connectivity index (χ0n) is 16.6. The maximum atomic E-state index is 10.7. The van der Waals surface area contributed by atoms with Crippen LogP contribution in [0, 0.1) is 0 Å². The average molecular weight is 411 g/mol. The summed E-state index contributed by atoms with van der Waals surface area (Å²) in [6.07, 6.45) is -1.96. The highest BCUT2D eigenvalue weighted by atomic mass is 32.2. The fourth-order valence-corrected chi connectivity index (χ4v) is 4.89. The third-order valence-corrected chi connectivity index (χ3v) is 6.44. The Bertz CT molecular complexity index is 932. The summed E-state index contributed by atoms with van der Waals surface area (Å²) >= 11 is 1.59. The molecule has 0 saturated carbocycles. The molecule has 0 radical (unpaired) electrons. The van der Waals surface area contributed by atoms with Crippen molar-refractivity contribution in [2.24, 2.45) is 0 Å². The number of fused-ring (bicyclic) bond motifs is 1. The Hall–Kier alpha value is -1.89. The smallest absolute Gasteiger partial charge is 0.136 e. The maximum absolute atomic E-state index is 10.7. The normalized spacial score (nSPS) is 27.2. The van der Waals surface area contributed by atoms with Crippen molar-refractivity contribution in [3.05, 3.63) is 78.4 Å². The second kappa shape index (κ2) is 9.28. The lowest BCUT2D eigenvalue weighted by molar-refractivity contribution is -0.219. The van der Waals surface area contributed by atoms with E-state index in [2.05, 4.69) is 30.3 Å². The van der Waals surface area contributed by atoms with Gasteiger partial charge in [-0.3, -0.25) is 0 Å². The Morgan fingerprint density at radius 1 is 0.931 bits per heavy atom. The molecule has 152 valence electrons. The van der Waals surface area contributed by atoms with Gasteiger partial charge in [-0.05, 0) is 41.5 Å². The molecule has 1 aliphatic rings. The van der Waals surface area contributed by atoms with Crippen LogP contribution in [0.25, 0.3) is 10.8 Å². The van der Waals surface area contributed by atoms with Crippen molar-refractivity contribution >= 4 is 22.5 Å². The average Bonchev–Trinajstić information content (AvgIpc) is 2.75. The molecule has 4 rings (SSSR count). The number of hydrogen-bond acceptors (Lipinski definition) is 5. The van der Waals surface area contributed by atoms with Crippen LogP contribution >= 0.6 is 11.8 Å². The van der Waals surface area contributed by atoms with E-state index in [0.717, 1.165) is 10.5 Å². The summed E-state index contributed by atoms with van der Waals surface area (Å²) in [7, 11) is 1.64. The Morgan fingerprint density at radius 2 is 1.66 bits per heavy atom. The molecule has 0 unspecified atom stereocenters. The van der Waals surface area contributed by atoms with Crippen LogP contribution in [0.2, 0.25) is 0 Å². The van der Waals surface area contributed by atoms with Crippen molar-refractivity contribution in [3.63, 3.8) is 0 Å². The van der Waals surface area contributed by atoms with Gasteiger partial charge in [0.25, 0.3) is 0 Å². The number of aliphatic hydroxyl groups excluding tert-OH is 1. The van der Waals surface area contributed by atoms with Crippen LogP contribution in [0.15, 0.2) is 77.7 Å². The summed E-state index contributed by atoms with van der Waals surface area (Å²) in [6.45, 7) is 2.28. The molecular formula is C24H26O4S. The van der Waals surface area contributed by atoms with E-state index in [9.17, 15) is 5.11 Å². The highest BCUT2D eigenvalue weighted by Crippen LogP contribution is 2.36. The Labute approximate surface area is 175 Å². The number of ether oxygens (including phenoxy) is 3. The van der Waals surface area contributed by atoms with Gasteiger partial charge in [0.05, 0.1) is 12.7 Å². The van der Waals surface area contributed by atoms with E-state index >= 15 is 0 Å². The standard InChI is InChI=1S/C24H26O4S/c1-16-21(25)22(23(26-2)24(28-16)29-20-10-4-3-5-11-20)27-15-17-12-13-18-8-6-7-9-19(18)14-17/h3-14,16,21-25H,15H2,1-2H3/t16-,21+,22+,23-,24+/m1/s1. The molecule has 3 aromatic rings. The van der Waals surface area contributed by atoms with Crippen LogP contribution in [0.5, 0.6) is 0 Å². The fraction of sp³-hybridized carbons (Fsp3) is 0.333. The Kier molecular flexibility index (Phi) is 6.53. The second-order valence-electron chi connectivity index (χ2n) is 7.29. The molecule has 1 aliphatic heterocycles. The van der Waals surface area contributed by atoms with Crippen molar-refractivity contribution in [1.82, 2.24) is 0 Å². The van der Waals surface area contributed by atoms with Crippen molar-refractivity contribution in [3.8, 4) is 0 Å². The van der Waals surface area contributed by atoms with E-state index in [1.54, 1.807) is 18.9 Å². The van der Waals surface area contributed by atoms with Crippen LogP contribution in [-0.2, 0) is 20.8 Å². The molecule has 0 amide bonds. The topological polar surface area (TPSA) is 47.9 Å². The van der Waals surface area contributed by atoms with Crippen molar-refractivity contribution < 1.29 is 19.3 Å². The van der Waals surface area contributed by atoms with Crippen LogP contribution in [0.3, 0.4) is 0 Å². The lowest BCUT2D eigenvalue weighted by atomic mass is 10.0. The van der Waals surface area contributed by atoms with Crippen LogP contribution in [-0.4, -0.2) is 42.1 Å². The minimum atomic E-state index is -0.756. The predicted molar refractivity (Wildman–Crippen MR) is 116 cm³/mol. The summed E-state index contributed by atoms with van der Waals surface area (Å²) in [5, 5.41) is 13.1. The zero-order valence-corrected chi connectivity index (χ0v) is 17.4. The van der Waals surface area contributed by atoms with E-state index in [1.165, 1.54) is 10.8 Å². The van der Waals surface area contributed by atoms with Gasteiger partial charge in [-0.2, -0.15) is 0 Å². The molecule has 3 aromatic carbocycles. The number of aliphatic hydroxyl groups is 1. The molecular weight excluding hydrogens is 384 g/mol. The quantitative estimate of drug-likeness (QED) is 0.642. The SMILES string of the molecule is CO[C@@H]1[C@@H](OCc2ccc3ccccc3c2)[C@@H](O)[C@@H](C)O[C@H]1Sc1ccccc1. The number of thioether (sulfide) groups is 1. The zero-order chi connectivity index (χ0) is 20.2. The third kappa shape index (κ3) is 4.65. The van der Waals surface area contributed by atoms with Gasteiger partial charge < -0.3 is 19.3 Å². The van der Waals surface area contributed by atoms with Gasteiger partial charge in [0, 0.05) is 12.0 Å². The van der Waals surface area contributed by atoms with E-state index in [1.807, 2.05) is 49.4 Å². The minimum Gasteiger partial charge on any atom is -0.388 e. The van der Waals surface area contributed by atoms with E-state index in [4.69, 9.17) is 14.2 Å². The van der Waals surface area contributed by atoms with Gasteiger partial charge in [0.2, 0.25) is 0 Å². The molecule has 0 spiro atoms. The lowest BCUT2D eigenvalue weighted by Gasteiger charge is -2.42. The van der Waals surface area contributed by atoms with Crippen LogP contribution in [0.1, 0.15) is 12.5 Å². The highest BCUT2D eigenvalue weighted by molar-refractivity contribution is 7.99. The first-order valence-corrected chi connectivity index (χ1v) is 10.7. The summed E-state index contributed by atoms with van der Waals surface area (Å²) in [4.78, 5) is 1.09. The van der Waals surface area contributed by atoms with Gasteiger partial charge in [-0.15, -0.1) is 0 Å². The summed E-state index contributed by atoms with van der Waals surface area (Å²) < 4.78 is 18.0. The van der Waals surface area contributed by atoms with Gasteiger partial charge in [0.15, 0.2) is 0 Å². The van der Waals surface area contributed by atoms with Crippen LogP contribution < -0.4 is 0 Å². The van der Waals surface area contributed by atoms with E-state index in [-0.39, 0.29) is 17.6 Å². The molecule has 1 fully saturated rings. The molecule has 5 heteroatoms. The third-order valence-electron chi connectivity index (χ3n) is 5.28. The molecule has 0 bridgehead atoms. The van der Waals surface area contributed by atoms with Crippen molar-refractivity contribution in [1.29, 1.82) is 0 Å². The van der Waals surface area contributed by atoms with Gasteiger partial charge in [0.1, 0.15) is 23.7 Å². The second-order valence-corrected chi connectivity index (χ2v) is 8.46. The van der Waals surface area contributed by atoms with E-state index < -0.39 is 12.2 Å². The van der Waals surface area contributed by atoms with Gasteiger partial charge >= 0.3 is 0 Å². The summed E-state index contributed by atoms with van der Waals surface area (Å²) in [5.74, 6) is 0. The van der Waals surface area contributed by atoms with Gasteiger partial charge in [-0.25, -0.2) is 0 Å². The molecule has 4 nitrogen and oxygen atoms in total. The predicted octanol–water partition coefficient (Wildman–Crippen LogP) is 4.64. The molecule has 29 heavy (non-hydrogen) atoms.